The number of fused-ring (bicyclic) bond motifs is 1. The minimum Gasteiger partial charge on any atom is -0.354 e. The van der Waals surface area contributed by atoms with Gasteiger partial charge < -0.3 is 5.32 Å². The Labute approximate surface area is 127 Å². The zero-order valence-corrected chi connectivity index (χ0v) is 12.5. The van der Waals surface area contributed by atoms with Crippen molar-refractivity contribution in [3.05, 3.63) is 64.6 Å². The van der Waals surface area contributed by atoms with E-state index in [2.05, 4.69) is 10.3 Å². The summed E-state index contributed by atoms with van der Waals surface area (Å²) in [6, 6.07) is 12.1. The molecule has 0 saturated heterocycles. The van der Waals surface area contributed by atoms with Gasteiger partial charge in [-0.25, -0.2) is 4.39 Å². The SMILES string of the molecule is Cc1nc2c(Nc3cccc(F)c3)cccc2c(Cl)c1C. The number of rotatable bonds is 2. The summed E-state index contributed by atoms with van der Waals surface area (Å²) in [4.78, 5) is 4.61. The summed E-state index contributed by atoms with van der Waals surface area (Å²) in [6.07, 6.45) is 0. The van der Waals surface area contributed by atoms with Gasteiger partial charge in [-0.2, -0.15) is 0 Å². The van der Waals surface area contributed by atoms with E-state index in [9.17, 15) is 4.39 Å². The van der Waals surface area contributed by atoms with Crippen molar-refractivity contribution in [1.82, 2.24) is 4.98 Å². The lowest BCUT2D eigenvalue weighted by Crippen LogP contribution is -1.97. The molecule has 21 heavy (non-hydrogen) atoms. The summed E-state index contributed by atoms with van der Waals surface area (Å²) in [5, 5.41) is 4.80. The van der Waals surface area contributed by atoms with E-state index in [0.29, 0.717) is 10.7 Å². The number of nitrogens with one attached hydrogen (secondary N) is 1. The Balaban J connectivity index is 2.15. The van der Waals surface area contributed by atoms with Crippen molar-refractivity contribution in [2.75, 3.05) is 5.32 Å². The highest BCUT2D eigenvalue weighted by Crippen LogP contribution is 2.32. The van der Waals surface area contributed by atoms with Crippen LogP contribution in [0.2, 0.25) is 5.02 Å². The Morgan fingerprint density at radius 3 is 2.62 bits per heavy atom. The predicted molar refractivity (Wildman–Crippen MR) is 85.9 cm³/mol. The van der Waals surface area contributed by atoms with Gasteiger partial charge in [0.05, 0.1) is 16.2 Å². The van der Waals surface area contributed by atoms with Gasteiger partial charge in [0, 0.05) is 16.8 Å². The second kappa shape index (κ2) is 5.34. The van der Waals surface area contributed by atoms with E-state index in [1.54, 1.807) is 6.07 Å². The topological polar surface area (TPSA) is 24.9 Å². The van der Waals surface area contributed by atoms with Crippen LogP contribution in [-0.2, 0) is 0 Å². The van der Waals surface area contributed by atoms with Crippen LogP contribution in [0.1, 0.15) is 11.3 Å². The van der Waals surface area contributed by atoms with E-state index in [0.717, 1.165) is 27.8 Å². The number of halogens is 2. The molecule has 1 heterocycles. The molecule has 0 unspecified atom stereocenters. The van der Waals surface area contributed by atoms with Crippen molar-refractivity contribution in [2.24, 2.45) is 0 Å². The molecule has 0 saturated carbocycles. The van der Waals surface area contributed by atoms with Gasteiger partial charge in [0.25, 0.3) is 0 Å². The molecule has 1 N–H and O–H groups in total. The van der Waals surface area contributed by atoms with Gasteiger partial charge in [0.15, 0.2) is 0 Å². The number of para-hydroxylation sites is 1. The summed E-state index contributed by atoms with van der Waals surface area (Å²) in [7, 11) is 0. The Morgan fingerprint density at radius 2 is 1.86 bits per heavy atom. The smallest absolute Gasteiger partial charge is 0.125 e. The van der Waals surface area contributed by atoms with Crippen molar-refractivity contribution >= 4 is 33.9 Å². The number of aromatic nitrogens is 1. The van der Waals surface area contributed by atoms with Gasteiger partial charge in [-0.15, -0.1) is 0 Å². The maximum Gasteiger partial charge on any atom is 0.125 e. The lowest BCUT2D eigenvalue weighted by Gasteiger charge is -2.12. The molecule has 3 rings (SSSR count). The minimum absolute atomic E-state index is 0.279. The average molecular weight is 301 g/mol. The molecule has 106 valence electrons. The normalized spacial score (nSPS) is 10.9. The summed E-state index contributed by atoms with van der Waals surface area (Å²) in [6.45, 7) is 3.89. The van der Waals surface area contributed by atoms with Crippen LogP contribution >= 0.6 is 11.6 Å². The van der Waals surface area contributed by atoms with Crippen LogP contribution in [0.5, 0.6) is 0 Å². The standard InChI is InChI=1S/C17H14ClFN2/c1-10-11(2)20-17-14(16(10)18)7-4-8-15(17)21-13-6-3-5-12(19)9-13/h3-9,21H,1-2H3. The Kier molecular flexibility index (Phi) is 3.52. The zero-order chi connectivity index (χ0) is 15.0. The van der Waals surface area contributed by atoms with E-state index in [1.165, 1.54) is 12.1 Å². The molecule has 0 fully saturated rings. The lowest BCUT2D eigenvalue weighted by atomic mass is 10.1. The summed E-state index contributed by atoms with van der Waals surface area (Å²) >= 11 is 6.40. The van der Waals surface area contributed by atoms with Crippen molar-refractivity contribution in [3.63, 3.8) is 0 Å². The highest BCUT2D eigenvalue weighted by molar-refractivity contribution is 6.36. The second-order valence-electron chi connectivity index (χ2n) is 4.97. The van der Waals surface area contributed by atoms with Crippen LogP contribution in [0.4, 0.5) is 15.8 Å². The average Bonchev–Trinajstić information content (AvgIpc) is 2.46. The predicted octanol–water partition coefficient (Wildman–Crippen LogP) is 5.39. The molecule has 0 bridgehead atoms. The molecule has 0 aliphatic heterocycles. The van der Waals surface area contributed by atoms with Crippen LogP contribution in [0.3, 0.4) is 0 Å². The molecule has 0 radical (unpaired) electrons. The zero-order valence-electron chi connectivity index (χ0n) is 11.7. The lowest BCUT2D eigenvalue weighted by molar-refractivity contribution is 0.628. The number of benzene rings is 2. The molecule has 3 aromatic rings. The number of hydrogen-bond donors (Lipinski definition) is 1. The molecule has 0 atom stereocenters. The van der Waals surface area contributed by atoms with Crippen LogP contribution in [0.15, 0.2) is 42.5 Å². The minimum atomic E-state index is -0.279. The van der Waals surface area contributed by atoms with E-state index in [-0.39, 0.29) is 5.82 Å². The summed E-state index contributed by atoms with van der Waals surface area (Å²) in [5.41, 5.74) is 4.14. The summed E-state index contributed by atoms with van der Waals surface area (Å²) < 4.78 is 13.3. The molecular weight excluding hydrogens is 287 g/mol. The molecule has 0 aliphatic rings. The van der Waals surface area contributed by atoms with Crippen molar-refractivity contribution in [1.29, 1.82) is 0 Å². The highest BCUT2D eigenvalue weighted by Gasteiger charge is 2.10. The van der Waals surface area contributed by atoms with Crippen LogP contribution in [0, 0.1) is 19.7 Å². The maximum atomic E-state index is 13.3. The maximum absolute atomic E-state index is 13.3. The Hall–Kier alpha value is -2.13. The number of pyridine rings is 1. The molecule has 1 aromatic heterocycles. The first kappa shape index (κ1) is 13.8. The first-order valence-electron chi connectivity index (χ1n) is 6.64. The third kappa shape index (κ3) is 2.57. The fourth-order valence-corrected chi connectivity index (χ4v) is 2.57. The van der Waals surface area contributed by atoms with Gasteiger partial charge in [-0.3, -0.25) is 4.98 Å². The van der Waals surface area contributed by atoms with Crippen molar-refractivity contribution in [3.8, 4) is 0 Å². The van der Waals surface area contributed by atoms with Crippen molar-refractivity contribution < 1.29 is 4.39 Å². The first-order valence-corrected chi connectivity index (χ1v) is 7.02. The molecule has 0 aliphatic carbocycles. The van der Waals surface area contributed by atoms with E-state index >= 15 is 0 Å². The van der Waals surface area contributed by atoms with Gasteiger partial charge in [-0.1, -0.05) is 29.8 Å². The number of nitrogens with zero attached hydrogens (tertiary/aromatic N) is 1. The van der Waals surface area contributed by atoms with E-state index in [1.807, 2.05) is 38.1 Å². The molecule has 0 amide bonds. The number of aryl methyl sites for hydroxylation is 1. The largest absolute Gasteiger partial charge is 0.354 e. The van der Waals surface area contributed by atoms with Crippen LogP contribution in [-0.4, -0.2) is 4.98 Å². The third-order valence-electron chi connectivity index (χ3n) is 3.53. The quantitative estimate of drug-likeness (QED) is 0.686. The van der Waals surface area contributed by atoms with Crippen LogP contribution in [0.25, 0.3) is 10.9 Å². The second-order valence-corrected chi connectivity index (χ2v) is 5.35. The van der Waals surface area contributed by atoms with Gasteiger partial charge in [0.2, 0.25) is 0 Å². The number of anilines is 2. The fraction of sp³-hybridized carbons (Fsp3) is 0.118. The monoisotopic (exact) mass is 300 g/mol. The van der Waals surface area contributed by atoms with Gasteiger partial charge in [-0.05, 0) is 43.7 Å². The van der Waals surface area contributed by atoms with Gasteiger partial charge in [0.1, 0.15) is 5.82 Å². The van der Waals surface area contributed by atoms with Gasteiger partial charge >= 0.3 is 0 Å². The van der Waals surface area contributed by atoms with E-state index in [4.69, 9.17) is 11.6 Å². The van der Waals surface area contributed by atoms with E-state index < -0.39 is 0 Å². The molecule has 4 heteroatoms. The first-order chi connectivity index (χ1) is 10.1. The molecular formula is C17H14ClFN2. The molecule has 2 aromatic carbocycles. The Morgan fingerprint density at radius 1 is 1.10 bits per heavy atom. The molecule has 0 spiro atoms. The number of hydrogen-bond acceptors (Lipinski definition) is 2. The third-order valence-corrected chi connectivity index (χ3v) is 4.01. The Bertz CT molecular complexity index is 830. The fourth-order valence-electron chi connectivity index (χ4n) is 2.28. The van der Waals surface area contributed by atoms with Crippen LogP contribution < -0.4 is 5.32 Å². The summed E-state index contributed by atoms with van der Waals surface area (Å²) in [5.74, 6) is -0.279. The highest BCUT2D eigenvalue weighted by atomic mass is 35.5. The molecule has 2 nitrogen and oxygen atoms in total. The van der Waals surface area contributed by atoms with Crippen molar-refractivity contribution in [2.45, 2.75) is 13.8 Å².